The average molecular weight is 188 g/mol. The third-order valence-corrected chi connectivity index (χ3v) is 4.06. The summed E-state index contributed by atoms with van der Waals surface area (Å²) in [7, 11) is 0. The Morgan fingerprint density at radius 3 is 2.36 bits per heavy atom. The van der Waals surface area contributed by atoms with Crippen LogP contribution in [0.2, 0.25) is 0 Å². The molecule has 0 amide bonds. The molecule has 2 fully saturated rings. The third kappa shape index (κ3) is 1.23. The molecule has 0 heterocycles. The first-order valence-corrected chi connectivity index (χ1v) is 5.62. The molecular weight excluding hydrogens is 172 g/mol. The monoisotopic (exact) mass is 188 g/mol. The molecule has 0 unspecified atom stereocenters. The van der Waals surface area contributed by atoms with Gasteiger partial charge in [-0.25, -0.2) is 0 Å². The first kappa shape index (κ1) is 8.34. The number of fused-ring (bicyclic) bond motifs is 2. The second-order valence-electron chi connectivity index (χ2n) is 4.87. The van der Waals surface area contributed by atoms with Gasteiger partial charge in [0.15, 0.2) is 0 Å². The maximum absolute atomic E-state index is 9.23. The lowest BCUT2D eigenvalue weighted by atomic mass is 9.83. The lowest BCUT2D eigenvalue weighted by Gasteiger charge is -2.21. The predicted molar refractivity (Wildman–Crippen MR) is 56.3 cm³/mol. The average Bonchev–Trinajstić information content (AvgIpc) is 2.80. The van der Waals surface area contributed by atoms with Crippen LogP contribution in [-0.4, -0.2) is 5.11 Å². The molecule has 1 N–H and O–H groups in total. The quantitative estimate of drug-likeness (QED) is 0.717. The topological polar surface area (TPSA) is 20.2 Å². The highest BCUT2D eigenvalue weighted by Gasteiger charge is 2.39. The van der Waals surface area contributed by atoms with Crippen molar-refractivity contribution in [2.24, 2.45) is 11.8 Å². The summed E-state index contributed by atoms with van der Waals surface area (Å²) in [5, 5.41) is 9.23. The van der Waals surface area contributed by atoms with Crippen molar-refractivity contribution in [2.75, 3.05) is 0 Å². The van der Waals surface area contributed by atoms with Crippen LogP contribution < -0.4 is 0 Å². The zero-order valence-electron chi connectivity index (χ0n) is 8.32. The molecule has 0 aliphatic heterocycles. The van der Waals surface area contributed by atoms with Crippen molar-refractivity contribution >= 4 is 0 Å². The Balaban J connectivity index is 1.86. The van der Waals surface area contributed by atoms with Gasteiger partial charge in [0.05, 0.1) is 0 Å². The van der Waals surface area contributed by atoms with Crippen molar-refractivity contribution in [1.29, 1.82) is 0 Å². The summed E-state index contributed by atoms with van der Waals surface area (Å²) >= 11 is 0. The van der Waals surface area contributed by atoms with Gasteiger partial charge in [0.2, 0.25) is 0 Å². The Morgan fingerprint density at radius 1 is 1.00 bits per heavy atom. The van der Waals surface area contributed by atoms with Gasteiger partial charge in [-0.2, -0.15) is 0 Å². The molecule has 0 radical (unpaired) electrons. The largest absolute Gasteiger partial charge is 0.508 e. The van der Waals surface area contributed by atoms with Crippen molar-refractivity contribution in [3.63, 3.8) is 0 Å². The summed E-state index contributed by atoms with van der Waals surface area (Å²) in [6, 6.07) is 7.84. The molecule has 74 valence electrons. The highest BCUT2D eigenvalue weighted by atomic mass is 16.3. The predicted octanol–water partition coefficient (Wildman–Crippen LogP) is 3.30. The molecule has 0 aromatic heterocycles. The minimum absolute atomic E-state index is 0.386. The number of phenolic OH excluding ortho intramolecular Hbond substituents is 1. The van der Waals surface area contributed by atoms with E-state index in [9.17, 15) is 5.11 Å². The molecule has 3 atom stereocenters. The van der Waals surface area contributed by atoms with E-state index in [2.05, 4.69) is 12.1 Å². The number of rotatable bonds is 1. The molecule has 0 saturated heterocycles. The number of benzene rings is 1. The SMILES string of the molecule is Oc1ccc([C@H]2C[C@@H]3CC[C@@H]2C3)cc1. The molecule has 2 aliphatic carbocycles. The van der Waals surface area contributed by atoms with Crippen molar-refractivity contribution in [3.8, 4) is 5.75 Å². The van der Waals surface area contributed by atoms with Crippen molar-refractivity contribution in [3.05, 3.63) is 29.8 Å². The maximum Gasteiger partial charge on any atom is 0.115 e. The van der Waals surface area contributed by atoms with E-state index in [0.717, 1.165) is 17.8 Å². The third-order valence-electron chi connectivity index (χ3n) is 4.06. The van der Waals surface area contributed by atoms with E-state index < -0.39 is 0 Å². The lowest BCUT2D eigenvalue weighted by Crippen LogP contribution is -2.07. The molecule has 3 rings (SSSR count). The van der Waals surface area contributed by atoms with Crippen LogP contribution in [-0.2, 0) is 0 Å². The van der Waals surface area contributed by atoms with Crippen LogP contribution in [0.15, 0.2) is 24.3 Å². The summed E-state index contributed by atoms with van der Waals surface area (Å²) in [5.41, 5.74) is 1.44. The minimum atomic E-state index is 0.386. The van der Waals surface area contributed by atoms with Gasteiger partial charge in [-0.05, 0) is 54.7 Å². The van der Waals surface area contributed by atoms with Gasteiger partial charge in [0.1, 0.15) is 5.75 Å². The van der Waals surface area contributed by atoms with Gasteiger partial charge < -0.3 is 5.11 Å². The molecule has 2 bridgehead atoms. The lowest BCUT2D eigenvalue weighted by molar-refractivity contribution is 0.419. The Morgan fingerprint density at radius 2 is 1.79 bits per heavy atom. The number of hydrogen-bond donors (Lipinski definition) is 1. The Bertz CT molecular complexity index is 328. The molecule has 1 aromatic carbocycles. The van der Waals surface area contributed by atoms with E-state index >= 15 is 0 Å². The Labute approximate surface area is 84.8 Å². The highest BCUT2D eigenvalue weighted by Crippen LogP contribution is 2.52. The van der Waals surface area contributed by atoms with E-state index in [1.165, 1.54) is 31.2 Å². The zero-order valence-corrected chi connectivity index (χ0v) is 8.32. The number of phenols is 1. The van der Waals surface area contributed by atoms with Crippen LogP contribution in [0.5, 0.6) is 5.75 Å². The van der Waals surface area contributed by atoms with Gasteiger partial charge in [-0.3, -0.25) is 0 Å². The first-order valence-electron chi connectivity index (χ1n) is 5.62. The summed E-state index contributed by atoms with van der Waals surface area (Å²) in [4.78, 5) is 0. The molecular formula is C13H16O. The molecule has 1 aromatic rings. The number of hydrogen-bond acceptors (Lipinski definition) is 1. The fraction of sp³-hybridized carbons (Fsp3) is 0.538. The first-order chi connectivity index (χ1) is 6.83. The molecule has 2 saturated carbocycles. The Hall–Kier alpha value is -0.980. The fourth-order valence-electron chi connectivity index (χ4n) is 3.37. The van der Waals surface area contributed by atoms with Crippen LogP contribution >= 0.6 is 0 Å². The van der Waals surface area contributed by atoms with Crippen molar-refractivity contribution in [2.45, 2.75) is 31.6 Å². The highest BCUT2D eigenvalue weighted by molar-refractivity contribution is 5.30. The summed E-state index contributed by atoms with van der Waals surface area (Å²) in [6.45, 7) is 0. The Kier molecular flexibility index (Phi) is 1.79. The van der Waals surface area contributed by atoms with E-state index in [-0.39, 0.29) is 0 Å². The van der Waals surface area contributed by atoms with Crippen molar-refractivity contribution < 1.29 is 5.11 Å². The molecule has 1 nitrogen and oxygen atoms in total. The van der Waals surface area contributed by atoms with Gasteiger partial charge >= 0.3 is 0 Å². The molecule has 1 heteroatoms. The van der Waals surface area contributed by atoms with Crippen LogP contribution in [0.25, 0.3) is 0 Å². The van der Waals surface area contributed by atoms with Gasteiger partial charge in [-0.15, -0.1) is 0 Å². The molecule has 2 aliphatic rings. The summed E-state index contributed by atoms with van der Waals surface area (Å²) in [6.07, 6.45) is 5.72. The smallest absolute Gasteiger partial charge is 0.115 e. The summed E-state index contributed by atoms with van der Waals surface area (Å²) in [5.74, 6) is 3.11. The minimum Gasteiger partial charge on any atom is -0.508 e. The van der Waals surface area contributed by atoms with E-state index in [1.807, 2.05) is 12.1 Å². The van der Waals surface area contributed by atoms with E-state index in [1.54, 1.807) is 0 Å². The molecule has 14 heavy (non-hydrogen) atoms. The molecule has 0 spiro atoms. The van der Waals surface area contributed by atoms with Crippen LogP contribution in [0.1, 0.15) is 37.2 Å². The number of aromatic hydroxyl groups is 1. The normalized spacial score (nSPS) is 35.0. The standard InChI is InChI=1S/C13H16O/c14-12-5-3-10(4-6-12)13-8-9-1-2-11(13)7-9/h3-6,9,11,13-14H,1-2,7-8H2/t9-,11-,13-/m1/s1. The van der Waals surface area contributed by atoms with Gasteiger partial charge in [-0.1, -0.05) is 18.6 Å². The van der Waals surface area contributed by atoms with Crippen molar-refractivity contribution in [1.82, 2.24) is 0 Å². The van der Waals surface area contributed by atoms with E-state index in [4.69, 9.17) is 0 Å². The zero-order chi connectivity index (χ0) is 9.54. The van der Waals surface area contributed by atoms with E-state index in [0.29, 0.717) is 5.75 Å². The van der Waals surface area contributed by atoms with Crippen LogP contribution in [0.4, 0.5) is 0 Å². The second-order valence-corrected chi connectivity index (χ2v) is 4.87. The van der Waals surface area contributed by atoms with Gasteiger partial charge in [0, 0.05) is 0 Å². The second kappa shape index (κ2) is 3.01. The van der Waals surface area contributed by atoms with Crippen LogP contribution in [0.3, 0.4) is 0 Å². The van der Waals surface area contributed by atoms with Gasteiger partial charge in [0.25, 0.3) is 0 Å². The van der Waals surface area contributed by atoms with Crippen LogP contribution in [0, 0.1) is 11.8 Å². The summed E-state index contributed by atoms with van der Waals surface area (Å²) < 4.78 is 0. The maximum atomic E-state index is 9.23. The fourth-order valence-corrected chi connectivity index (χ4v) is 3.37.